The van der Waals surface area contributed by atoms with Crippen molar-refractivity contribution in [2.24, 2.45) is 0 Å². The molecule has 1 heterocycles. The maximum Gasteiger partial charge on any atom is 0.226 e. The summed E-state index contributed by atoms with van der Waals surface area (Å²) in [7, 11) is 4.09. The monoisotopic (exact) mass is 366 g/mol. The van der Waals surface area contributed by atoms with E-state index in [0.717, 1.165) is 22.5 Å². The fourth-order valence-electron chi connectivity index (χ4n) is 2.96. The van der Waals surface area contributed by atoms with Crippen molar-refractivity contribution < 1.29 is 4.42 Å². The second-order valence-corrected chi connectivity index (χ2v) is 6.84. The molecule has 1 aromatic heterocycles. The summed E-state index contributed by atoms with van der Waals surface area (Å²) >= 11 is 0. The minimum Gasteiger partial charge on any atom is -0.436 e. The van der Waals surface area contributed by atoms with E-state index in [1.54, 1.807) is 6.20 Å². The van der Waals surface area contributed by atoms with Crippen molar-refractivity contribution in [3.05, 3.63) is 96.2 Å². The van der Waals surface area contributed by atoms with Gasteiger partial charge in [0.1, 0.15) is 0 Å². The standard InChI is InChI=1S/C25H22N2O/c1-27(2)23-16-12-20(13-17-23)9-8-19-10-14-22(15-11-19)25-26-18-24(28-25)21-6-4-3-5-7-21/h3-18H,1-2H3. The van der Waals surface area contributed by atoms with Gasteiger partial charge in [-0.1, -0.05) is 66.7 Å². The molecule has 28 heavy (non-hydrogen) atoms. The molecule has 0 fully saturated rings. The van der Waals surface area contributed by atoms with Crippen molar-refractivity contribution in [3.63, 3.8) is 0 Å². The molecular weight excluding hydrogens is 344 g/mol. The number of benzene rings is 3. The van der Waals surface area contributed by atoms with E-state index in [0.29, 0.717) is 5.89 Å². The maximum atomic E-state index is 5.92. The molecule has 0 aliphatic rings. The quantitative estimate of drug-likeness (QED) is 0.391. The number of aromatic nitrogens is 1. The number of hydrogen-bond acceptors (Lipinski definition) is 3. The summed E-state index contributed by atoms with van der Waals surface area (Å²) < 4.78 is 5.92. The van der Waals surface area contributed by atoms with Gasteiger partial charge >= 0.3 is 0 Å². The van der Waals surface area contributed by atoms with Gasteiger partial charge in [0, 0.05) is 30.9 Å². The van der Waals surface area contributed by atoms with E-state index in [9.17, 15) is 0 Å². The molecule has 0 unspecified atom stereocenters. The van der Waals surface area contributed by atoms with Gasteiger partial charge in [0.25, 0.3) is 0 Å². The Labute approximate surface area is 165 Å². The van der Waals surface area contributed by atoms with Crippen LogP contribution in [0.1, 0.15) is 11.1 Å². The molecule has 0 N–H and O–H groups in total. The highest BCUT2D eigenvalue weighted by Gasteiger charge is 2.07. The van der Waals surface area contributed by atoms with Crippen LogP contribution in [0.5, 0.6) is 0 Å². The summed E-state index contributed by atoms with van der Waals surface area (Å²) in [5.74, 6) is 1.41. The SMILES string of the molecule is CN(C)c1ccc(C=Cc2ccc(-c3ncc(-c4ccccc4)o3)cc2)cc1. The fourth-order valence-corrected chi connectivity index (χ4v) is 2.96. The zero-order chi connectivity index (χ0) is 19.3. The highest BCUT2D eigenvalue weighted by Crippen LogP contribution is 2.26. The molecule has 0 amide bonds. The maximum absolute atomic E-state index is 5.92. The second-order valence-electron chi connectivity index (χ2n) is 6.84. The van der Waals surface area contributed by atoms with E-state index < -0.39 is 0 Å². The van der Waals surface area contributed by atoms with Crippen LogP contribution < -0.4 is 4.90 Å². The third kappa shape index (κ3) is 4.04. The van der Waals surface area contributed by atoms with Crippen LogP contribution in [0.15, 0.2) is 89.5 Å². The van der Waals surface area contributed by atoms with Crippen molar-refractivity contribution in [1.82, 2.24) is 4.98 Å². The van der Waals surface area contributed by atoms with Gasteiger partial charge in [-0.15, -0.1) is 0 Å². The first-order valence-corrected chi connectivity index (χ1v) is 9.26. The average Bonchev–Trinajstić information content (AvgIpc) is 3.24. The molecule has 138 valence electrons. The van der Waals surface area contributed by atoms with Gasteiger partial charge in [0.2, 0.25) is 5.89 Å². The molecule has 3 aromatic carbocycles. The predicted molar refractivity (Wildman–Crippen MR) is 117 cm³/mol. The van der Waals surface area contributed by atoms with Gasteiger partial charge in [-0.3, -0.25) is 0 Å². The molecule has 0 radical (unpaired) electrons. The molecule has 4 rings (SSSR count). The Kier molecular flexibility index (Phi) is 5.07. The van der Waals surface area contributed by atoms with Crippen LogP contribution in [0, 0.1) is 0 Å². The Morgan fingerprint density at radius 3 is 1.93 bits per heavy atom. The molecule has 0 aliphatic carbocycles. The highest BCUT2D eigenvalue weighted by molar-refractivity contribution is 5.72. The number of anilines is 1. The topological polar surface area (TPSA) is 29.3 Å². The number of rotatable bonds is 5. The molecule has 3 nitrogen and oxygen atoms in total. The lowest BCUT2D eigenvalue weighted by Crippen LogP contribution is -2.07. The molecule has 0 saturated heterocycles. The summed E-state index contributed by atoms with van der Waals surface area (Å²) in [5, 5.41) is 0. The lowest BCUT2D eigenvalue weighted by molar-refractivity contribution is 0.589. The van der Waals surface area contributed by atoms with Crippen LogP contribution in [-0.4, -0.2) is 19.1 Å². The molecule has 4 aromatic rings. The molecular formula is C25H22N2O. The summed E-state index contributed by atoms with van der Waals surface area (Å²) in [4.78, 5) is 6.52. The van der Waals surface area contributed by atoms with E-state index in [2.05, 4.69) is 58.4 Å². The second kappa shape index (κ2) is 7.97. The highest BCUT2D eigenvalue weighted by atomic mass is 16.4. The largest absolute Gasteiger partial charge is 0.436 e. The molecule has 0 bridgehead atoms. The van der Waals surface area contributed by atoms with Crippen molar-refractivity contribution in [2.75, 3.05) is 19.0 Å². The fraction of sp³-hybridized carbons (Fsp3) is 0.0800. The van der Waals surface area contributed by atoms with E-state index in [1.165, 1.54) is 11.3 Å². The van der Waals surface area contributed by atoms with Crippen LogP contribution in [-0.2, 0) is 0 Å². The number of oxazole rings is 1. The van der Waals surface area contributed by atoms with Crippen LogP contribution in [0.25, 0.3) is 34.9 Å². The first-order valence-electron chi connectivity index (χ1n) is 9.26. The third-order valence-corrected chi connectivity index (χ3v) is 4.60. The van der Waals surface area contributed by atoms with Crippen molar-refractivity contribution in [3.8, 4) is 22.8 Å². The summed E-state index contributed by atoms with van der Waals surface area (Å²) in [6.07, 6.45) is 6.00. The van der Waals surface area contributed by atoms with Crippen LogP contribution in [0.4, 0.5) is 5.69 Å². The van der Waals surface area contributed by atoms with Gasteiger partial charge in [0.05, 0.1) is 6.20 Å². The zero-order valence-electron chi connectivity index (χ0n) is 16.0. The third-order valence-electron chi connectivity index (χ3n) is 4.60. The van der Waals surface area contributed by atoms with E-state index in [4.69, 9.17) is 4.42 Å². The van der Waals surface area contributed by atoms with E-state index >= 15 is 0 Å². The lowest BCUT2D eigenvalue weighted by Gasteiger charge is -2.11. The van der Waals surface area contributed by atoms with E-state index in [1.807, 2.05) is 56.6 Å². The van der Waals surface area contributed by atoms with Gasteiger partial charge in [-0.25, -0.2) is 4.98 Å². The Balaban J connectivity index is 1.47. The summed E-state index contributed by atoms with van der Waals surface area (Å²) in [5.41, 5.74) is 5.50. The van der Waals surface area contributed by atoms with Crippen LogP contribution in [0.2, 0.25) is 0 Å². The minimum atomic E-state index is 0.633. The summed E-state index contributed by atoms with van der Waals surface area (Å²) in [6, 6.07) is 26.7. The zero-order valence-corrected chi connectivity index (χ0v) is 16.0. The number of nitrogens with zero attached hydrogens (tertiary/aromatic N) is 2. The van der Waals surface area contributed by atoms with E-state index in [-0.39, 0.29) is 0 Å². The Morgan fingerprint density at radius 2 is 1.32 bits per heavy atom. The first-order chi connectivity index (χ1) is 13.7. The first kappa shape index (κ1) is 17.8. The van der Waals surface area contributed by atoms with Crippen molar-refractivity contribution >= 4 is 17.8 Å². The molecule has 0 spiro atoms. The minimum absolute atomic E-state index is 0.633. The number of hydrogen-bond donors (Lipinski definition) is 0. The molecule has 0 aliphatic heterocycles. The predicted octanol–water partition coefficient (Wildman–Crippen LogP) is 6.25. The van der Waals surface area contributed by atoms with Crippen LogP contribution in [0.3, 0.4) is 0 Å². The smallest absolute Gasteiger partial charge is 0.226 e. The lowest BCUT2D eigenvalue weighted by atomic mass is 10.1. The Morgan fingerprint density at radius 1 is 0.714 bits per heavy atom. The van der Waals surface area contributed by atoms with Gasteiger partial charge < -0.3 is 9.32 Å². The molecule has 0 atom stereocenters. The average molecular weight is 366 g/mol. The molecule has 0 saturated carbocycles. The van der Waals surface area contributed by atoms with Gasteiger partial charge in [-0.05, 0) is 35.4 Å². The Hall–Kier alpha value is -3.59. The van der Waals surface area contributed by atoms with Crippen molar-refractivity contribution in [1.29, 1.82) is 0 Å². The van der Waals surface area contributed by atoms with Gasteiger partial charge in [0.15, 0.2) is 5.76 Å². The van der Waals surface area contributed by atoms with Crippen LogP contribution >= 0.6 is 0 Å². The van der Waals surface area contributed by atoms with Crippen molar-refractivity contribution in [2.45, 2.75) is 0 Å². The normalized spacial score (nSPS) is 11.1. The van der Waals surface area contributed by atoms with Gasteiger partial charge in [-0.2, -0.15) is 0 Å². The Bertz CT molecular complexity index is 1060. The molecule has 3 heteroatoms. The summed E-state index contributed by atoms with van der Waals surface area (Å²) in [6.45, 7) is 0.